The van der Waals surface area contributed by atoms with E-state index in [2.05, 4.69) is 4.74 Å². The molecule has 0 aliphatic rings. The molecule has 1 unspecified atom stereocenters. The molecule has 0 fully saturated rings. The Morgan fingerprint density at radius 3 is 2.62 bits per heavy atom. The van der Waals surface area contributed by atoms with Crippen molar-refractivity contribution in [2.45, 2.75) is 20.0 Å². The van der Waals surface area contributed by atoms with E-state index in [1.165, 1.54) is 7.11 Å². The minimum atomic E-state index is -0.747. The molecule has 1 aromatic carbocycles. The van der Waals surface area contributed by atoms with Crippen LogP contribution in [0.1, 0.15) is 33.2 Å². The van der Waals surface area contributed by atoms with E-state index < -0.39 is 12.1 Å². The number of methoxy groups -OCH3 is 1. The fourth-order valence-electron chi connectivity index (χ4n) is 1.54. The number of hydrogen-bond acceptors (Lipinski definition) is 4. The number of aliphatic hydroxyl groups is 1. The lowest BCUT2D eigenvalue weighted by Gasteiger charge is -2.13. The molecule has 3 N–H and O–H groups in total. The first kappa shape index (κ1) is 12.7. The molecule has 1 rings (SSSR count). The Morgan fingerprint density at radius 2 is 2.12 bits per heavy atom. The van der Waals surface area contributed by atoms with E-state index in [-0.39, 0.29) is 6.54 Å². The summed E-state index contributed by atoms with van der Waals surface area (Å²) in [7, 11) is 1.34. The Bertz CT molecular complexity index is 401. The Hall–Kier alpha value is -1.39. The van der Waals surface area contributed by atoms with Gasteiger partial charge >= 0.3 is 5.97 Å². The van der Waals surface area contributed by atoms with Crippen LogP contribution in [-0.2, 0) is 4.74 Å². The molecule has 0 aliphatic carbocycles. The monoisotopic (exact) mass is 223 g/mol. The first-order valence-corrected chi connectivity index (χ1v) is 5.08. The molecule has 0 spiro atoms. The number of carbonyl (C=O) groups excluding carboxylic acids is 1. The number of hydrogen-bond donors (Lipinski definition) is 2. The zero-order valence-corrected chi connectivity index (χ0v) is 9.78. The van der Waals surface area contributed by atoms with Gasteiger partial charge in [-0.05, 0) is 36.6 Å². The van der Waals surface area contributed by atoms with Crippen LogP contribution in [0.4, 0.5) is 0 Å². The normalized spacial score (nSPS) is 12.3. The van der Waals surface area contributed by atoms with E-state index in [1.807, 2.05) is 19.9 Å². The molecule has 1 atom stereocenters. The van der Waals surface area contributed by atoms with Gasteiger partial charge in [-0.1, -0.05) is 6.07 Å². The van der Waals surface area contributed by atoms with E-state index >= 15 is 0 Å². The summed E-state index contributed by atoms with van der Waals surface area (Å²) < 4.78 is 4.69. The quantitative estimate of drug-likeness (QED) is 0.752. The number of carbonyl (C=O) groups is 1. The van der Waals surface area contributed by atoms with E-state index in [0.717, 1.165) is 11.1 Å². The second-order valence-corrected chi connectivity index (χ2v) is 3.75. The van der Waals surface area contributed by atoms with Gasteiger partial charge in [0.1, 0.15) is 0 Å². The van der Waals surface area contributed by atoms with Gasteiger partial charge in [-0.3, -0.25) is 0 Å². The van der Waals surface area contributed by atoms with Crippen molar-refractivity contribution in [3.63, 3.8) is 0 Å². The number of benzene rings is 1. The summed E-state index contributed by atoms with van der Waals surface area (Å²) in [5.74, 6) is -0.397. The second-order valence-electron chi connectivity index (χ2n) is 3.75. The Labute approximate surface area is 95.0 Å². The molecular formula is C12H17NO3. The molecule has 0 bridgehead atoms. The summed E-state index contributed by atoms with van der Waals surface area (Å²) in [5.41, 5.74) is 8.30. The van der Waals surface area contributed by atoms with Crippen LogP contribution in [0.2, 0.25) is 0 Å². The fourth-order valence-corrected chi connectivity index (χ4v) is 1.54. The van der Waals surface area contributed by atoms with Gasteiger partial charge in [0.15, 0.2) is 0 Å². The van der Waals surface area contributed by atoms with Crippen molar-refractivity contribution in [3.8, 4) is 0 Å². The topological polar surface area (TPSA) is 72.5 Å². The molecule has 0 heterocycles. The maximum absolute atomic E-state index is 11.5. The van der Waals surface area contributed by atoms with E-state index in [4.69, 9.17) is 5.73 Å². The highest BCUT2D eigenvalue weighted by atomic mass is 16.5. The zero-order valence-electron chi connectivity index (χ0n) is 9.78. The van der Waals surface area contributed by atoms with Crippen molar-refractivity contribution in [1.82, 2.24) is 0 Å². The summed E-state index contributed by atoms with van der Waals surface area (Å²) in [6.45, 7) is 3.86. The molecule has 1 aromatic rings. The van der Waals surface area contributed by atoms with Gasteiger partial charge < -0.3 is 15.6 Å². The van der Waals surface area contributed by atoms with Crippen molar-refractivity contribution in [2.75, 3.05) is 13.7 Å². The van der Waals surface area contributed by atoms with Gasteiger partial charge in [0.05, 0.1) is 18.8 Å². The highest BCUT2D eigenvalue weighted by Gasteiger charge is 2.15. The summed E-state index contributed by atoms with van der Waals surface area (Å²) in [6, 6.07) is 3.46. The maximum Gasteiger partial charge on any atom is 0.338 e. The minimum Gasteiger partial charge on any atom is -0.465 e. The van der Waals surface area contributed by atoms with Crippen LogP contribution in [-0.4, -0.2) is 24.7 Å². The number of esters is 1. The lowest BCUT2D eigenvalue weighted by atomic mass is 9.97. The van der Waals surface area contributed by atoms with Crippen LogP contribution < -0.4 is 5.73 Å². The summed E-state index contributed by atoms with van der Waals surface area (Å²) >= 11 is 0. The number of rotatable bonds is 3. The van der Waals surface area contributed by atoms with Crippen molar-refractivity contribution >= 4 is 5.97 Å². The predicted octanol–water partition coefficient (Wildman–Crippen LogP) is 1.08. The molecule has 16 heavy (non-hydrogen) atoms. The first-order valence-electron chi connectivity index (χ1n) is 5.08. The predicted molar refractivity (Wildman–Crippen MR) is 61.3 cm³/mol. The average molecular weight is 223 g/mol. The molecule has 4 heteroatoms. The summed E-state index contributed by atoms with van der Waals surface area (Å²) in [4.78, 5) is 11.5. The smallest absolute Gasteiger partial charge is 0.338 e. The minimum absolute atomic E-state index is 0.128. The van der Waals surface area contributed by atoms with Gasteiger partial charge in [-0.15, -0.1) is 0 Å². The number of nitrogens with two attached hydrogens (primary N) is 1. The number of aliphatic hydroxyl groups excluding tert-OH is 1. The SMILES string of the molecule is COC(=O)c1cc(C(O)CN)cc(C)c1C. The summed E-state index contributed by atoms with van der Waals surface area (Å²) in [5, 5.41) is 9.65. The molecule has 0 aliphatic heterocycles. The molecule has 0 amide bonds. The highest BCUT2D eigenvalue weighted by Crippen LogP contribution is 2.21. The fraction of sp³-hybridized carbons (Fsp3) is 0.417. The Balaban J connectivity index is 3.27. The largest absolute Gasteiger partial charge is 0.465 e. The van der Waals surface area contributed by atoms with E-state index in [0.29, 0.717) is 11.1 Å². The molecule has 88 valence electrons. The lowest BCUT2D eigenvalue weighted by Crippen LogP contribution is -2.14. The zero-order chi connectivity index (χ0) is 12.3. The van der Waals surface area contributed by atoms with Crippen molar-refractivity contribution < 1.29 is 14.6 Å². The van der Waals surface area contributed by atoms with Gasteiger partial charge in [-0.25, -0.2) is 4.79 Å². The third-order valence-corrected chi connectivity index (χ3v) is 2.70. The lowest BCUT2D eigenvalue weighted by molar-refractivity contribution is 0.0599. The Morgan fingerprint density at radius 1 is 1.50 bits per heavy atom. The van der Waals surface area contributed by atoms with Crippen molar-refractivity contribution in [3.05, 3.63) is 34.4 Å². The van der Waals surface area contributed by atoms with Gasteiger partial charge in [-0.2, -0.15) is 0 Å². The number of ether oxygens (including phenoxy) is 1. The molecule has 0 saturated carbocycles. The molecular weight excluding hydrogens is 206 g/mol. The van der Waals surface area contributed by atoms with Gasteiger partial charge in [0, 0.05) is 6.54 Å². The number of aryl methyl sites for hydroxylation is 1. The van der Waals surface area contributed by atoms with Crippen LogP contribution >= 0.6 is 0 Å². The van der Waals surface area contributed by atoms with E-state index in [1.54, 1.807) is 6.07 Å². The van der Waals surface area contributed by atoms with Gasteiger partial charge in [0.25, 0.3) is 0 Å². The molecule has 0 radical (unpaired) electrons. The van der Waals surface area contributed by atoms with Gasteiger partial charge in [0.2, 0.25) is 0 Å². The van der Waals surface area contributed by atoms with Crippen LogP contribution in [0.25, 0.3) is 0 Å². The van der Waals surface area contributed by atoms with Crippen LogP contribution in [0.3, 0.4) is 0 Å². The van der Waals surface area contributed by atoms with Crippen LogP contribution in [0, 0.1) is 13.8 Å². The maximum atomic E-state index is 11.5. The third kappa shape index (κ3) is 2.40. The highest BCUT2D eigenvalue weighted by molar-refractivity contribution is 5.91. The van der Waals surface area contributed by atoms with Crippen molar-refractivity contribution in [1.29, 1.82) is 0 Å². The summed E-state index contributed by atoms with van der Waals surface area (Å²) in [6.07, 6.45) is -0.747. The second kappa shape index (κ2) is 5.09. The van der Waals surface area contributed by atoms with Crippen molar-refractivity contribution in [2.24, 2.45) is 5.73 Å². The standard InChI is InChI=1S/C12H17NO3/c1-7-4-9(11(14)6-13)5-10(8(7)2)12(15)16-3/h4-5,11,14H,6,13H2,1-3H3. The van der Waals surface area contributed by atoms with Crippen LogP contribution in [0.15, 0.2) is 12.1 Å². The first-order chi connectivity index (χ1) is 7.51. The third-order valence-electron chi connectivity index (χ3n) is 2.70. The molecule has 0 aromatic heterocycles. The Kier molecular flexibility index (Phi) is 4.04. The van der Waals surface area contributed by atoms with E-state index in [9.17, 15) is 9.90 Å². The average Bonchev–Trinajstić information content (AvgIpc) is 2.30. The molecule has 0 saturated heterocycles. The molecule has 4 nitrogen and oxygen atoms in total. The van der Waals surface area contributed by atoms with Crippen LogP contribution in [0.5, 0.6) is 0 Å².